The van der Waals surface area contributed by atoms with Gasteiger partial charge in [-0.25, -0.2) is 4.39 Å². The highest BCUT2D eigenvalue weighted by Gasteiger charge is 2.14. The molecular formula is C14H9BrClFN2OS. The molecule has 0 saturated heterocycles. The van der Waals surface area contributed by atoms with Crippen molar-refractivity contribution in [2.45, 2.75) is 0 Å². The SMILES string of the molecule is NC(=S)c1ccc(NC(=O)c2ccc(Br)cc2F)c(Cl)c1. The van der Waals surface area contributed by atoms with Gasteiger partial charge < -0.3 is 11.1 Å². The minimum Gasteiger partial charge on any atom is -0.389 e. The average Bonchev–Trinajstić information content (AvgIpc) is 2.40. The second-order valence-electron chi connectivity index (χ2n) is 4.14. The molecule has 0 atom stereocenters. The van der Waals surface area contributed by atoms with E-state index in [1.165, 1.54) is 18.2 Å². The molecule has 0 bridgehead atoms. The van der Waals surface area contributed by atoms with Crippen molar-refractivity contribution in [1.29, 1.82) is 0 Å². The first-order valence-electron chi connectivity index (χ1n) is 5.74. The van der Waals surface area contributed by atoms with Crippen LogP contribution in [0.5, 0.6) is 0 Å². The molecule has 7 heteroatoms. The molecule has 2 aromatic rings. The number of amides is 1. The number of rotatable bonds is 3. The van der Waals surface area contributed by atoms with Crippen molar-refractivity contribution in [1.82, 2.24) is 0 Å². The lowest BCUT2D eigenvalue weighted by atomic mass is 10.1. The van der Waals surface area contributed by atoms with Crippen LogP contribution in [0, 0.1) is 5.82 Å². The van der Waals surface area contributed by atoms with Gasteiger partial charge in [0.15, 0.2) is 0 Å². The van der Waals surface area contributed by atoms with E-state index in [9.17, 15) is 9.18 Å². The van der Waals surface area contributed by atoms with E-state index in [1.807, 2.05) is 0 Å². The van der Waals surface area contributed by atoms with Crippen molar-refractivity contribution >= 4 is 56.3 Å². The molecule has 0 aliphatic carbocycles. The van der Waals surface area contributed by atoms with E-state index in [2.05, 4.69) is 21.2 Å². The third-order valence-electron chi connectivity index (χ3n) is 2.68. The molecule has 0 aromatic heterocycles. The van der Waals surface area contributed by atoms with Crippen LogP contribution in [-0.2, 0) is 0 Å². The zero-order chi connectivity index (χ0) is 15.6. The van der Waals surface area contributed by atoms with Crippen molar-refractivity contribution < 1.29 is 9.18 Å². The summed E-state index contributed by atoms with van der Waals surface area (Å²) >= 11 is 14.0. The van der Waals surface area contributed by atoms with Gasteiger partial charge in [-0.05, 0) is 36.4 Å². The lowest BCUT2D eigenvalue weighted by molar-refractivity contribution is 0.102. The van der Waals surface area contributed by atoms with Gasteiger partial charge in [0.2, 0.25) is 0 Å². The number of anilines is 1. The minimum atomic E-state index is -0.627. The van der Waals surface area contributed by atoms with Gasteiger partial charge >= 0.3 is 0 Å². The van der Waals surface area contributed by atoms with Gasteiger partial charge in [-0.3, -0.25) is 4.79 Å². The summed E-state index contributed by atoms with van der Waals surface area (Å²) in [6.07, 6.45) is 0. The van der Waals surface area contributed by atoms with Crippen molar-refractivity contribution in [2.24, 2.45) is 5.73 Å². The Hall–Kier alpha value is -1.50. The predicted molar refractivity (Wildman–Crippen MR) is 89.4 cm³/mol. The number of carbonyl (C=O) groups is 1. The normalized spacial score (nSPS) is 10.2. The largest absolute Gasteiger partial charge is 0.389 e. The van der Waals surface area contributed by atoms with Gasteiger partial charge in [0.1, 0.15) is 10.8 Å². The molecule has 21 heavy (non-hydrogen) atoms. The molecule has 108 valence electrons. The molecule has 0 aliphatic rings. The summed E-state index contributed by atoms with van der Waals surface area (Å²) in [7, 11) is 0. The van der Waals surface area contributed by atoms with Crippen LogP contribution in [0.3, 0.4) is 0 Å². The van der Waals surface area contributed by atoms with E-state index in [4.69, 9.17) is 29.6 Å². The monoisotopic (exact) mass is 386 g/mol. The summed E-state index contributed by atoms with van der Waals surface area (Å²) < 4.78 is 14.3. The van der Waals surface area contributed by atoms with Crippen LogP contribution in [0.4, 0.5) is 10.1 Å². The highest BCUT2D eigenvalue weighted by molar-refractivity contribution is 9.10. The third kappa shape index (κ3) is 3.78. The number of hydrogen-bond donors (Lipinski definition) is 2. The maximum Gasteiger partial charge on any atom is 0.258 e. The minimum absolute atomic E-state index is 0.0762. The average molecular weight is 388 g/mol. The highest BCUT2D eigenvalue weighted by Crippen LogP contribution is 2.24. The molecule has 2 aromatic carbocycles. The summed E-state index contributed by atoms with van der Waals surface area (Å²) in [4.78, 5) is 12.2. The van der Waals surface area contributed by atoms with Crippen LogP contribution in [0.1, 0.15) is 15.9 Å². The van der Waals surface area contributed by atoms with Crippen LogP contribution >= 0.6 is 39.7 Å². The highest BCUT2D eigenvalue weighted by atomic mass is 79.9. The zero-order valence-corrected chi connectivity index (χ0v) is 13.7. The Morgan fingerprint density at radius 3 is 2.57 bits per heavy atom. The smallest absolute Gasteiger partial charge is 0.258 e. The second kappa shape index (κ2) is 6.51. The fraction of sp³-hybridized carbons (Fsp3) is 0. The Morgan fingerprint density at radius 1 is 1.29 bits per heavy atom. The first kappa shape index (κ1) is 15.9. The van der Waals surface area contributed by atoms with Crippen LogP contribution in [0.15, 0.2) is 40.9 Å². The maximum atomic E-state index is 13.7. The zero-order valence-electron chi connectivity index (χ0n) is 10.5. The molecule has 0 fully saturated rings. The van der Waals surface area contributed by atoms with Gasteiger partial charge in [0.05, 0.1) is 16.3 Å². The van der Waals surface area contributed by atoms with Crippen molar-refractivity contribution in [2.75, 3.05) is 5.32 Å². The molecule has 0 radical (unpaired) electrons. The molecule has 0 aliphatic heterocycles. The van der Waals surface area contributed by atoms with Gasteiger partial charge in [0, 0.05) is 10.0 Å². The fourth-order valence-corrected chi connectivity index (χ4v) is 2.32. The molecule has 1 amide bonds. The number of thiocarbonyl (C=S) groups is 1. The van der Waals surface area contributed by atoms with Crippen LogP contribution < -0.4 is 11.1 Å². The standard InChI is InChI=1S/C14H9BrClFN2OS/c15-8-2-3-9(11(17)6-8)14(20)19-12-4-1-7(13(18)21)5-10(12)16/h1-6H,(H2,18,21)(H,19,20). The van der Waals surface area contributed by atoms with Gasteiger partial charge in [-0.1, -0.05) is 39.7 Å². The van der Waals surface area contributed by atoms with Gasteiger partial charge in [0.25, 0.3) is 5.91 Å². The Kier molecular flexibility index (Phi) is 4.92. The predicted octanol–water partition coefficient (Wildman–Crippen LogP) is 4.13. The number of nitrogens with two attached hydrogens (primary N) is 1. The third-order valence-corrected chi connectivity index (χ3v) is 3.72. The van der Waals surface area contributed by atoms with Gasteiger partial charge in [-0.15, -0.1) is 0 Å². The quantitative estimate of drug-likeness (QED) is 0.779. The number of halogens is 3. The first-order chi connectivity index (χ1) is 9.88. The molecular weight excluding hydrogens is 379 g/mol. The molecule has 0 spiro atoms. The van der Waals surface area contributed by atoms with Crippen molar-refractivity contribution in [3.63, 3.8) is 0 Å². The van der Waals surface area contributed by atoms with E-state index < -0.39 is 11.7 Å². The Balaban J connectivity index is 2.25. The van der Waals surface area contributed by atoms with Crippen molar-refractivity contribution in [3.8, 4) is 0 Å². The Bertz CT molecular complexity index is 739. The molecule has 2 rings (SSSR count). The lowest BCUT2D eigenvalue weighted by Crippen LogP contribution is -2.15. The molecule has 3 N–H and O–H groups in total. The second-order valence-corrected chi connectivity index (χ2v) is 5.90. The molecule has 0 unspecified atom stereocenters. The van der Waals surface area contributed by atoms with E-state index in [0.717, 1.165) is 0 Å². The molecule has 0 saturated carbocycles. The number of carbonyl (C=O) groups excluding carboxylic acids is 1. The summed E-state index contributed by atoms with van der Waals surface area (Å²) in [5.74, 6) is -1.22. The topological polar surface area (TPSA) is 55.1 Å². The Labute approximate surface area is 139 Å². The number of nitrogens with one attached hydrogen (secondary N) is 1. The van der Waals surface area contributed by atoms with Gasteiger partial charge in [-0.2, -0.15) is 0 Å². The molecule has 0 heterocycles. The summed E-state index contributed by atoms with van der Waals surface area (Å²) in [5.41, 5.74) is 6.35. The fourth-order valence-electron chi connectivity index (χ4n) is 1.63. The number of hydrogen-bond acceptors (Lipinski definition) is 2. The maximum absolute atomic E-state index is 13.7. The van der Waals surface area contributed by atoms with Crippen molar-refractivity contribution in [3.05, 3.63) is 62.8 Å². The van der Waals surface area contributed by atoms with E-state index in [1.54, 1.807) is 18.2 Å². The summed E-state index contributed by atoms with van der Waals surface area (Å²) in [6.45, 7) is 0. The van der Waals surface area contributed by atoms with Crippen LogP contribution in [0.2, 0.25) is 5.02 Å². The first-order valence-corrected chi connectivity index (χ1v) is 7.32. The summed E-state index contributed by atoms with van der Waals surface area (Å²) in [5, 5.41) is 2.81. The Morgan fingerprint density at radius 2 is 2.00 bits per heavy atom. The van der Waals surface area contributed by atoms with E-state index in [-0.39, 0.29) is 15.6 Å². The number of benzene rings is 2. The summed E-state index contributed by atoms with van der Waals surface area (Å²) in [6, 6.07) is 8.90. The van der Waals surface area contributed by atoms with Crippen LogP contribution in [-0.4, -0.2) is 10.9 Å². The van der Waals surface area contributed by atoms with Crippen LogP contribution in [0.25, 0.3) is 0 Å². The molecule has 3 nitrogen and oxygen atoms in total. The van der Waals surface area contributed by atoms with E-state index >= 15 is 0 Å². The van der Waals surface area contributed by atoms with E-state index in [0.29, 0.717) is 15.7 Å². The lowest BCUT2D eigenvalue weighted by Gasteiger charge is -2.09.